The molecule has 1 aromatic heterocycles. The van der Waals surface area contributed by atoms with Gasteiger partial charge in [-0.2, -0.15) is 0 Å². The van der Waals surface area contributed by atoms with Gasteiger partial charge in [0.1, 0.15) is 12.3 Å². The molecule has 0 fully saturated rings. The van der Waals surface area contributed by atoms with Crippen molar-refractivity contribution < 1.29 is 9.30 Å². The predicted molar refractivity (Wildman–Crippen MR) is 89.1 cm³/mol. The van der Waals surface area contributed by atoms with Gasteiger partial charge in [0.15, 0.2) is 11.0 Å². The third-order valence-electron chi connectivity index (χ3n) is 4.02. The van der Waals surface area contributed by atoms with Crippen LogP contribution in [0, 0.1) is 0 Å². The van der Waals surface area contributed by atoms with E-state index in [-0.39, 0.29) is 0 Å². The van der Waals surface area contributed by atoms with Gasteiger partial charge in [0.2, 0.25) is 6.33 Å². The SMILES string of the molecule is CCCCn1c[n+](Cc2cccc(OC)c2)c2ccccc21. The molecule has 0 aliphatic rings. The van der Waals surface area contributed by atoms with E-state index in [1.54, 1.807) is 7.11 Å². The third-order valence-corrected chi connectivity index (χ3v) is 4.02. The van der Waals surface area contributed by atoms with Crippen molar-refractivity contribution in [1.29, 1.82) is 0 Å². The Morgan fingerprint density at radius 1 is 1.09 bits per heavy atom. The molecule has 114 valence electrons. The summed E-state index contributed by atoms with van der Waals surface area (Å²) in [4.78, 5) is 0. The first-order chi connectivity index (χ1) is 10.8. The van der Waals surface area contributed by atoms with Crippen molar-refractivity contribution in [2.45, 2.75) is 32.9 Å². The van der Waals surface area contributed by atoms with Gasteiger partial charge in [-0.05, 0) is 36.2 Å². The second-order valence-corrected chi connectivity index (χ2v) is 5.63. The lowest BCUT2D eigenvalue weighted by atomic mass is 10.2. The van der Waals surface area contributed by atoms with Crippen LogP contribution in [0.25, 0.3) is 11.0 Å². The smallest absolute Gasteiger partial charge is 0.245 e. The molecule has 0 spiro atoms. The Labute approximate surface area is 131 Å². The lowest BCUT2D eigenvalue weighted by Crippen LogP contribution is -2.32. The number of rotatable bonds is 6. The second-order valence-electron chi connectivity index (χ2n) is 5.63. The zero-order valence-electron chi connectivity index (χ0n) is 13.3. The first-order valence-electron chi connectivity index (χ1n) is 7.92. The quantitative estimate of drug-likeness (QED) is 0.633. The van der Waals surface area contributed by atoms with Crippen molar-refractivity contribution in [3.8, 4) is 5.75 Å². The van der Waals surface area contributed by atoms with Crippen LogP contribution in [0.3, 0.4) is 0 Å². The van der Waals surface area contributed by atoms with Crippen molar-refractivity contribution >= 4 is 11.0 Å². The average Bonchev–Trinajstić information content (AvgIpc) is 2.91. The van der Waals surface area contributed by atoms with Crippen LogP contribution in [0.2, 0.25) is 0 Å². The molecular formula is C19H23N2O+. The van der Waals surface area contributed by atoms with Crippen molar-refractivity contribution in [1.82, 2.24) is 4.57 Å². The minimum Gasteiger partial charge on any atom is -0.497 e. The van der Waals surface area contributed by atoms with E-state index in [2.05, 4.69) is 58.8 Å². The van der Waals surface area contributed by atoms with Gasteiger partial charge in [0, 0.05) is 0 Å². The van der Waals surface area contributed by atoms with Gasteiger partial charge in [0.25, 0.3) is 0 Å². The van der Waals surface area contributed by atoms with Gasteiger partial charge in [0.05, 0.1) is 13.7 Å². The number of hydrogen-bond acceptors (Lipinski definition) is 1. The van der Waals surface area contributed by atoms with Crippen LogP contribution in [0.1, 0.15) is 25.3 Å². The Balaban J connectivity index is 1.95. The zero-order valence-corrected chi connectivity index (χ0v) is 13.3. The van der Waals surface area contributed by atoms with Crippen LogP contribution < -0.4 is 9.30 Å². The third kappa shape index (κ3) is 2.98. The van der Waals surface area contributed by atoms with Crippen LogP contribution in [-0.4, -0.2) is 11.7 Å². The summed E-state index contributed by atoms with van der Waals surface area (Å²) in [5, 5.41) is 0. The molecular weight excluding hydrogens is 272 g/mol. The van der Waals surface area contributed by atoms with Gasteiger partial charge >= 0.3 is 0 Å². The molecule has 0 unspecified atom stereocenters. The fraction of sp³-hybridized carbons (Fsp3) is 0.316. The van der Waals surface area contributed by atoms with Crippen LogP contribution in [0.15, 0.2) is 54.9 Å². The highest BCUT2D eigenvalue weighted by atomic mass is 16.5. The maximum absolute atomic E-state index is 5.32. The standard InChI is InChI=1S/C19H23N2O/c1-3-4-12-20-15-21(19-11-6-5-10-18(19)20)14-16-8-7-9-17(13-16)22-2/h5-11,13,15H,3-4,12,14H2,1-2H3/q+1. The molecule has 0 radical (unpaired) electrons. The topological polar surface area (TPSA) is 18.0 Å². The van der Waals surface area contributed by atoms with Crippen molar-refractivity contribution in [2.75, 3.05) is 7.11 Å². The summed E-state index contributed by atoms with van der Waals surface area (Å²) in [5.74, 6) is 0.910. The molecule has 3 rings (SSSR count). The molecule has 3 heteroatoms. The molecule has 22 heavy (non-hydrogen) atoms. The number of ether oxygens (including phenoxy) is 1. The minimum atomic E-state index is 0.858. The highest BCUT2D eigenvalue weighted by Gasteiger charge is 2.15. The van der Waals surface area contributed by atoms with E-state index in [1.807, 2.05) is 12.1 Å². The molecule has 1 heterocycles. The Kier molecular flexibility index (Phi) is 4.42. The average molecular weight is 295 g/mol. The Morgan fingerprint density at radius 3 is 2.77 bits per heavy atom. The zero-order chi connectivity index (χ0) is 15.4. The normalized spacial score (nSPS) is 11.0. The molecule has 0 N–H and O–H groups in total. The summed E-state index contributed by atoms with van der Waals surface area (Å²) in [5.41, 5.74) is 3.84. The van der Waals surface area contributed by atoms with Crippen molar-refractivity contribution in [3.05, 3.63) is 60.4 Å². The number of benzene rings is 2. The number of aromatic nitrogens is 2. The number of methoxy groups -OCH3 is 1. The summed E-state index contributed by atoms with van der Waals surface area (Å²) < 4.78 is 10.0. The van der Waals surface area contributed by atoms with Gasteiger partial charge in [-0.3, -0.25) is 0 Å². The van der Waals surface area contributed by atoms with E-state index in [9.17, 15) is 0 Å². The second kappa shape index (κ2) is 6.65. The minimum absolute atomic E-state index is 0.858. The van der Waals surface area contributed by atoms with E-state index in [0.717, 1.165) is 18.8 Å². The van der Waals surface area contributed by atoms with Gasteiger partial charge in [-0.1, -0.05) is 37.6 Å². The summed E-state index contributed by atoms with van der Waals surface area (Å²) in [7, 11) is 1.71. The first-order valence-corrected chi connectivity index (χ1v) is 7.92. The largest absolute Gasteiger partial charge is 0.497 e. The molecule has 2 aromatic carbocycles. The molecule has 0 aliphatic carbocycles. The Bertz CT molecular complexity index is 761. The summed E-state index contributed by atoms with van der Waals surface area (Å²) >= 11 is 0. The van der Waals surface area contributed by atoms with Crippen molar-refractivity contribution in [2.24, 2.45) is 0 Å². The van der Waals surface area contributed by atoms with E-state index in [1.165, 1.54) is 29.4 Å². The van der Waals surface area contributed by atoms with E-state index in [4.69, 9.17) is 4.74 Å². The van der Waals surface area contributed by atoms with Crippen molar-refractivity contribution in [3.63, 3.8) is 0 Å². The fourth-order valence-electron chi connectivity index (χ4n) is 2.84. The number of fused-ring (bicyclic) bond motifs is 1. The summed E-state index contributed by atoms with van der Waals surface area (Å²) in [6, 6.07) is 16.9. The molecule has 0 saturated carbocycles. The predicted octanol–water partition coefficient (Wildman–Crippen LogP) is 3.79. The Hall–Kier alpha value is -2.29. The first kappa shape index (κ1) is 14.6. The van der Waals surface area contributed by atoms with E-state index >= 15 is 0 Å². The number of imidazole rings is 1. The van der Waals surface area contributed by atoms with Gasteiger partial charge < -0.3 is 4.74 Å². The molecule has 0 atom stereocenters. The fourth-order valence-corrected chi connectivity index (χ4v) is 2.84. The number of aryl methyl sites for hydroxylation is 1. The lowest BCUT2D eigenvalue weighted by Gasteiger charge is -2.02. The summed E-state index contributed by atoms with van der Waals surface area (Å²) in [6.07, 6.45) is 4.65. The lowest BCUT2D eigenvalue weighted by molar-refractivity contribution is -0.663. The number of nitrogens with zero attached hydrogens (tertiary/aromatic N) is 2. The highest BCUT2D eigenvalue weighted by molar-refractivity contribution is 5.71. The van der Waals surface area contributed by atoms with Crippen LogP contribution in [-0.2, 0) is 13.1 Å². The maximum atomic E-state index is 5.32. The monoisotopic (exact) mass is 295 g/mol. The van der Waals surface area contributed by atoms with Gasteiger partial charge in [-0.15, -0.1) is 0 Å². The molecule has 0 saturated heterocycles. The summed E-state index contributed by atoms with van der Waals surface area (Å²) in [6.45, 7) is 4.16. The molecule has 0 bridgehead atoms. The molecule has 3 nitrogen and oxygen atoms in total. The number of hydrogen-bond donors (Lipinski definition) is 0. The molecule has 0 amide bonds. The van der Waals surface area contributed by atoms with Gasteiger partial charge in [-0.25, -0.2) is 9.13 Å². The number of unbranched alkanes of at least 4 members (excludes halogenated alkanes) is 1. The highest BCUT2D eigenvalue weighted by Crippen LogP contribution is 2.15. The maximum Gasteiger partial charge on any atom is 0.245 e. The van der Waals surface area contributed by atoms with Crippen LogP contribution in [0.5, 0.6) is 5.75 Å². The number of para-hydroxylation sites is 2. The Morgan fingerprint density at radius 2 is 1.95 bits per heavy atom. The van der Waals surface area contributed by atoms with E-state index in [0.29, 0.717) is 0 Å². The van der Waals surface area contributed by atoms with E-state index < -0.39 is 0 Å². The van der Waals surface area contributed by atoms with Crippen LogP contribution >= 0.6 is 0 Å². The molecule has 0 aliphatic heterocycles. The van der Waals surface area contributed by atoms with Crippen LogP contribution in [0.4, 0.5) is 0 Å². The molecule has 3 aromatic rings.